The molecule has 1 aliphatic carbocycles. The van der Waals surface area contributed by atoms with Crippen LogP contribution in [0.4, 0.5) is 34.1 Å². The topological polar surface area (TPSA) is 24.9 Å². The van der Waals surface area contributed by atoms with E-state index < -0.39 is 0 Å². The molecule has 0 unspecified atom stereocenters. The molecule has 0 aromatic heterocycles. The molecule has 0 amide bonds. The van der Waals surface area contributed by atoms with Crippen molar-refractivity contribution in [1.29, 1.82) is 0 Å². The molecule has 0 saturated heterocycles. The van der Waals surface area contributed by atoms with Crippen molar-refractivity contribution in [1.82, 2.24) is 0 Å². The van der Waals surface area contributed by atoms with Gasteiger partial charge in [-0.1, -0.05) is 172 Å². The van der Waals surface area contributed by atoms with Crippen LogP contribution in [0.15, 0.2) is 243 Å². The molecule has 12 aromatic carbocycles. The van der Waals surface area contributed by atoms with Gasteiger partial charge < -0.3 is 19.3 Å². The predicted octanol–water partition coefficient (Wildman–Crippen LogP) is 19.6. The van der Waals surface area contributed by atoms with E-state index in [-0.39, 0.29) is 5.41 Å². The summed E-state index contributed by atoms with van der Waals surface area (Å²) in [6.45, 7) is 4.73. The molecule has 0 bridgehead atoms. The van der Waals surface area contributed by atoms with Crippen LogP contribution >= 0.6 is 0 Å². The van der Waals surface area contributed by atoms with E-state index in [0.29, 0.717) is 0 Å². The molecule has 0 spiro atoms. The molecule has 0 radical (unpaired) electrons. The first kappa shape index (κ1) is 41.4. The second-order valence-electron chi connectivity index (χ2n) is 20.0. The van der Waals surface area contributed by atoms with E-state index in [2.05, 4.69) is 242 Å². The Morgan fingerprint density at radius 2 is 0.753 bits per heavy atom. The van der Waals surface area contributed by atoms with Gasteiger partial charge in [-0.25, -0.2) is 0 Å². The molecule has 0 saturated carbocycles. The third-order valence-corrected chi connectivity index (χ3v) is 15.6. The molecule has 12 aromatic rings. The van der Waals surface area contributed by atoms with E-state index in [0.717, 1.165) is 84.2 Å². The fraction of sp³-hybridized carbons (Fsp3) is 0.0435. The Morgan fingerprint density at radius 1 is 0.301 bits per heavy atom. The molecule has 4 heteroatoms. The third-order valence-electron chi connectivity index (χ3n) is 15.6. The summed E-state index contributed by atoms with van der Waals surface area (Å²) in [5.74, 6) is 3.29. The normalized spacial score (nSPS) is 13.6. The molecule has 0 atom stereocenters. The van der Waals surface area contributed by atoms with Gasteiger partial charge in [0.1, 0.15) is 0 Å². The second kappa shape index (κ2) is 15.8. The lowest BCUT2D eigenvalue weighted by Gasteiger charge is -2.33. The van der Waals surface area contributed by atoms with Gasteiger partial charge >= 0.3 is 0 Å². The van der Waals surface area contributed by atoms with Crippen LogP contribution in [0.1, 0.15) is 25.0 Å². The molecule has 4 nitrogen and oxygen atoms in total. The van der Waals surface area contributed by atoms with Gasteiger partial charge in [0.2, 0.25) is 0 Å². The maximum Gasteiger partial charge on any atom is 0.151 e. The molecular weight excluding hydrogens is 889 g/mol. The minimum Gasteiger partial charge on any atom is -0.453 e. The number of hydrogen-bond donors (Lipinski definition) is 0. The fourth-order valence-electron chi connectivity index (χ4n) is 12.2. The number of para-hydroxylation sites is 8. The maximum atomic E-state index is 6.56. The van der Waals surface area contributed by atoms with Gasteiger partial charge in [0.05, 0.1) is 22.7 Å². The largest absolute Gasteiger partial charge is 0.453 e. The average Bonchev–Trinajstić information content (AvgIpc) is 3.67. The zero-order chi connectivity index (χ0) is 48.4. The first-order chi connectivity index (χ1) is 36.0. The molecule has 15 rings (SSSR count). The number of nitrogens with zero attached hydrogens (tertiary/aromatic N) is 2. The van der Waals surface area contributed by atoms with E-state index in [1.165, 1.54) is 60.8 Å². The van der Waals surface area contributed by atoms with Gasteiger partial charge in [0.25, 0.3) is 0 Å². The summed E-state index contributed by atoms with van der Waals surface area (Å²) < 4.78 is 13.1. The highest BCUT2D eigenvalue weighted by molar-refractivity contribution is 6.24. The van der Waals surface area contributed by atoms with Gasteiger partial charge in [-0.3, -0.25) is 0 Å². The maximum absolute atomic E-state index is 6.56. The van der Waals surface area contributed by atoms with Gasteiger partial charge in [-0.15, -0.1) is 0 Å². The monoisotopic (exact) mass is 934 g/mol. The smallest absolute Gasteiger partial charge is 0.151 e. The lowest BCUT2D eigenvalue weighted by Crippen LogP contribution is -2.16. The van der Waals surface area contributed by atoms with Crippen molar-refractivity contribution in [2.75, 3.05) is 9.80 Å². The lowest BCUT2D eigenvalue weighted by molar-refractivity contribution is 0.477. The van der Waals surface area contributed by atoms with E-state index in [9.17, 15) is 0 Å². The van der Waals surface area contributed by atoms with Crippen molar-refractivity contribution in [3.63, 3.8) is 0 Å². The zero-order valence-electron chi connectivity index (χ0n) is 40.3. The highest BCUT2D eigenvalue weighted by Gasteiger charge is 2.36. The van der Waals surface area contributed by atoms with Crippen LogP contribution in [0.3, 0.4) is 0 Å². The number of ether oxygens (including phenoxy) is 2. The van der Waals surface area contributed by atoms with Crippen molar-refractivity contribution < 1.29 is 9.47 Å². The quantitative estimate of drug-likeness (QED) is 0.161. The number of hydrogen-bond acceptors (Lipinski definition) is 4. The predicted molar refractivity (Wildman–Crippen MR) is 302 cm³/mol. The molecule has 73 heavy (non-hydrogen) atoms. The number of anilines is 6. The molecular formula is C69H46N2O2. The van der Waals surface area contributed by atoms with Gasteiger partial charge in [0, 0.05) is 16.8 Å². The Kier molecular flexibility index (Phi) is 8.97. The van der Waals surface area contributed by atoms with Crippen LogP contribution < -0.4 is 19.3 Å². The summed E-state index contributed by atoms with van der Waals surface area (Å²) in [5, 5.41) is 7.05. The minimum absolute atomic E-state index is 0.148. The van der Waals surface area contributed by atoms with Crippen LogP contribution in [0.25, 0.3) is 76.8 Å². The van der Waals surface area contributed by atoms with E-state index in [1.54, 1.807) is 0 Å². The lowest BCUT2D eigenvalue weighted by atomic mass is 9.80. The Balaban J connectivity index is 1.05. The fourth-order valence-corrected chi connectivity index (χ4v) is 12.2. The average molecular weight is 935 g/mol. The molecule has 0 N–H and O–H groups in total. The summed E-state index contributed by atoms with van der Waals surface area (Å²) in [7, 11) is 0. The van der Waals surface area contributed by atoms with Gasteiger partial charge in [-0.2, -0.15) is 0 Å². The van der Waals surface area contributed by atoms with E-state index >= 15 is 0 Å². The standard InChI is InChI=1S/C69H46N2O2/c1-69(2)57-22-8-7-20-50(57)51-36-33-45(40-58(51)69)49-19-5-6-21-52(49)68-54-38-35-47(70-59-23-9-13-27-63(59)72-64-28-14-10-24-60(64)70)41-55(54)67(46-32-31-43-17-3-4-18-44(43)39-46)53-37-34-48(42-56(53)68)71-61-25-11-15-29-65(61)73-66-30-16-12-26-62(66)71/h3-42H,1-2H3. The van der Waals surface area contributed by atoms with Crippen LogP contribution in [0.2, 0.25) is 0 Å². The van der Waals surface area contributed by atoms with Crippen molar-refractivity contribution in [2.45, 2.75) is 19.3 Å². The summed E-state index contributed by atoms with van der Waals surface area (Å²) in [5.41, 5.74) is 18.4. The second-order valence-corrected chi connectivity index (χ2v) is 20.0. The molecule has 0 fully saturated rings. The SMILES string of the molecule is CC1(C)c2ccccc2-c2ccc(-c3ccccc3-c3c4ccc(N5c6ccccc6Oc6ccccc65)cc4c(-c4ccc5ccccc5c4)c4ccc(N5c6ccccc6Oc6ccccc65)cc34)cc21. The van der Waals surface area contributed by atoms with Gasteiger partial charge in [-0.05, 0) is 173 Å². The van der Waals surface area contributed by atoms with Crippen LogP contribution in [-0.2, 0) is 5.41 Å². The Bertz CT molecular complexity index is 4190. The van der Waals surface area contributed by atoms with Crippen LogP contribution in [-0.4, -0.2) is 0 Å². The minimum atomic E-state index is -0.148. The molecule has 2 aliphatic heterocycles. The third kappa shape index (κ3) is 6.27. The molecule has 3 aliphatic rings. The molecule has 344 valence electrons. The molecule has 2 heterocycles. The van der Waals surface area contributed by atoms with Gasteiger partial charge in [0.15, 0.2) is 23.0 Å². The van der Waals surface area contributed by atoms with Crippen molar-refractivity contribution in [3.05, 3.63) is 254 Å². The van der Waals surface area contributed by atoms with E-state index in [1.807, 2.05) is 24.3 Å². The summed E-state index contributed by atoms with van der Waals surface area (Å²) in [6, 6.07) is 88.3. The van der Waals surface area contributed by atoms with E-state index in [4.69, 9.17) is 9.47 Å². The summed E-state index contributed by atoms with van der Waals surface area (Å²) in [4.78, 5) is 4.72. The Morgan fingerprint density at radius 3 is 1.36 bits per heavy atom. The Labute approximate surface area is 424 Å². The number of benzene rings is 12. The zero-order valence-corrected chi connectivity index (χ0v) is 40.3. The Hall–Kier alpha value is -9.38. The highest BCUT2D eigenvalue weighted by atomic mass is 16.5. The first-order valence-electron chi connectivity index (χ1n) is 25.2. The summed E-state index contributed by atoms with van der Waals surface area (Å²) in [6.07, 6.45) is 0. The van der Waals surface area contributed by atoms with Crippen molar-refractivity contribution >= 4 is 66.4 Å². The summed E-state index contributed by atoms with van der Waals surface area (Å²) >= 11 is 0. The van der Waals surface area contributed by atoms with Crippen molar-refractivity contribution in [3.8, 4) is 67.5 Å². The number of fused-ring (bicyclic) bond motifs is 10. The van der Waals surface area contributed by atoms with Crippen molar-refractivity contribution in [2.24, 2.45) is 0 Å². The first-order valence-corrected chi connectivity index (χ1v) is 25.2. The van der Waals surface area contributed by atoms with Crippen LogP contribution in [0, 0.1) is 0 Å². The van der Waals surface area contributed by atoms with Crippen LogP contribution in [0.5, 0.6) is 23.0 Å². The number of rotatable bonds is 5. The highest BCUT2D eigenvalue weighted by Crippen LogP contribution is 2.56.